The number of hydrogen-bond acceptors (Lipinski definition) is 2. The van der Waals surface area contributed by atoms with E-state index < -0.39 is 0 Å². The minimum atomic E-state index is -0.336. The van der Waals surface area contributed by atoms with E-state index in [9.17, 15) is 4.79 Å². The lowest BCUT2D eigenvalue weighted by atomic mass is 10.5. The number of rotatable bonds is 5. The molecule has 0 rings (SSSR count). The molecular formula is C7H15N2OS. The first-order valence-electron chi connectivity index (χ1n) is 3.63. The molecule has 0 atom stereocenters. The van der Waals surface area contributed by atoms with Gasteiger partial charge in [0.2, 0.25) is 0 Å². The molecular weight excluding hydrogens is 160 g/mol. The van der Waals surface area contributed by atoms with E-state index in [1.54, 1.807) is 16.7 Å². The number of thioether (sulfide) groups is 1. The van der Waals surface area contributed by atoms with Crippen molar-refractivity contribution in [2.24, 2.45) is 5.73 Å². The first-order valence-corrected chi connectivity index (χ1v) is 4.79. The number of carbonyl (C=O) groups excluding carboxylic acids is 1. The minimum Gasteiger partial charge on any atom is -0.351 e. The van der Waals surface area contributed by atoms with E-state index in [0.29, 0.717) is 6.54 Å². The standard InChI is InChI=1S/C7H15N2OS/c1-3-9(7(8)10)5-6-11-4-2/h2-6H2,1H3,(H2,8,10). The minimum absolute atomic E-state index is 0.336. The summed E-state index contributed by atoms with van der Waals surface area (Å²) in [5.74, 6) is 1.76. The van der Waals surface area contributed by atoms with Crippen molar-refractivity contribution in [3.05, 3.63) is 6.92 Å². The number of nitrogens with zero attached hydrogens (tertiary/aromatic N) is 1. The van der Waals surface area contributed by atoms with Crippen LogP contribution in [0.15, 0.2) is 0 Å². The molecule has 3 nitrogen and oxygen atoms in total. The van der Waals surface area contributed by atoms with Gasteiger partial charge < -0.3 is 10.6 Å². The van der Waals surface area contributed by atoms with Crippen molar-refractivity contribution in [1.82, 2.24) is 4.90 Å². The van der Waals surface area contributed by atoms with Crippen molar-refractivity contribution in [2.45, 2.75) is 6.92 Å². The maximum atomic E-state index is 10.6. The number of amides is 2. The summed E-state index contributed by atoms with van der Waals surface area (Å²) >= 11 is 1.71. The fourth-order valence-corrected chi connectivity index (χ4v) is 1.25. The smallest absolute Gasteiger partial charge is 0.314 e. The van der Waals surface area contributed by atoms with Crippen LogP contribution in [0.1, 0.15) is 6.92 Å². The summed E-state index contributed by atoms with van der Waals surface area (Å²) in [5, 5.41) is 0. The quantitative estimate of drug-likeness (QED) is 0.632. The van der Waals surface area contributed by atoms with Crippen LogP contribution in [0.3, 0.4) is 0 Å². The fourth-order valence-electron chi connectivity index (χ4n) is 0.701. The van der Waals surface area contributed by atoms with Gasteiger partial charge in [-0.3, -0.25) is 0 Å². The Labute approximate surface area is 72.3 Å². The van der Waals surface area contributed by atoms with E-state index in [0.717, 1.165) is 18.1 Å². The topological polar surface area (TPSA) is 46.3 Å². The second kappa shape index (κ2) is 6.34. The Bertz CT molecular complexity index is 119. The van der Waals surface area contributed by atoms with Gasteiger partial charge in [0.25, 0.3) is 0 Å². The summed E-state index contributed by atoms with van der Waals surface area (Å²) in [4.78, 5) is 12.3. The maximum absolute atomic E-state index is 10.6. The summed E-state index contributed by atoms with van der Waals surface area (Å²) in [7, 11) is 0. The highest BCUT2D eigenvalue weighted by molar-refractivity contribution is 7.99. The molecule has 0 spiro atoms. The number of hydrogen-bond donors (Lipinski definition) is 1. The molecule has 2 N–H and O–H groups in total. The molecule has 0 saturated carbocycles. The monoisotopic (exact) mass is 175 g/mol. The van der Waals surface area contributed by atoms with E-state index in [2.05, 4.69) is 6.92 Å². The van der Waals surface area contributed by atoms with Crippen molar-refractivity contribution in [1.29, 1.82) is 0 Å². The molecule has 0 aromatic carbocycles. The van der Waals surface area contributed by atoms with E-state index in [-0.39, 0.29) is 6.03 Å². The second-order valence-electron chi connectivity index (χ2n) is 2.03. The van der Waals surface area contributed by atoms with Gasteiger partial charge in [-0.15, -0.1) is 0 Å². The third-order valence-electron chi connectivity index (χ3n) is 1.34. The van der Waals surface area contributed by atoms with Crippen LogP contribution in [-0.2, 0) is 0 Å². The van der Waals surface area contributed by atoms with Gasteiger partial charge in [0.05, 0.1) is 0 Å². The van der Waals surface area contributed by atoms with Crippen molar-refractivity contribution in [2.75, 3.05) is 24.6 Å². The van der Waals surface area contributed by atoms with Crippen molar-refractivity contribution in [3.63, 3.8) is 0 Å². The average molecular weight is 175 g/mol. The lowest BCUT2D eigenvalue weighted by Crippen LogP contribution is -2.37. The molecule has 0 unspecified atom stereocenters. The molecule has 2 amide bonds. The van der Waals surface area contributed by atoms with Crippen LogP contribution in [0, 0.1) is 6.92 Å². The molecule has 0 aromatic rings. The lowest BCUT2D eigenvalue weighted by molar-refractivity contribution is 0.213. The Morgan fingerprint density at radius 2 is 2.36 bits per heavy atom. The lowest BCUT2D eigenvalue weighted by Gasteiger charge is -2.17. The molecule has 0 aliphatic carbocycles. The molecule has 0 aliphatic heterocycles. The van der Waals surface area contributed by atoms with E-state index in [1.807, 2.05) is 6.92 Å². The highest BCUT2D eigenvalue weighted by atomic mass is 32.2. The molecule has 0 aromatic heterocycles. The van der Waals surface area contributed by atoms with Crippen molar-refractivity contribution >= 4 is 17.8 Å². The molecule has 0 saturated heterocycles. The van der Waals surface area contributed by atoms with Gasteiger partial charge in [-0.05, 0) is 19.6 Å². The van der Waals surface area contributed by atoms with Crippen molar-refractivity contribution < 1.29 is 4.79 Å². The van der Waals surface area contributed by atoms with Crippen LogP contribution in [0.5, 0.6) is 0 Å². The Morgan fingerprint density at radius 3 is 2.73 bits per heavy atom. The van der Waals surface area contributed by atoms with Crippen LogP contribution in [0.4, 0.5) is 4.79 Å². The molecule has 11 heavy (non-hydrogen) atoms. The molecule has 0 fully saturated rings. The predicted octanol–water partition coefficient (Wildman–Crippen LogP) is 0.954. The molecule has 1 radical (unpaired) electrons. The molecule has 0 bridgehead atoms. The Balaban J connectivity index is 3.44. The van der Waals surface area contributed by atoms with Gasteiger partial charge >= 0.3 is 6.03 Å². The van der Waals surface area contributed by atoms with Crippen LogP contribution < -0.4 is 5.73 Å². The normalized spacial score (nSPS) is 9.64. The second-order valence-corrected chi connectivity index (χ2v) is 3.26. The number of nitrogens with two attached hydrogens (primary N) is 1. The summed E-state index contributed by atoms with van der Waals surface area (Å²) < 4.78 is 0. The van der Waals surface area contributed by atoms with Gasteiger partial charge in [0.1, 0.15) is 0 Å². The fraction of sp³-hybridized carbons (Fsp3) is 0.714. The SMILES string of the molecule is [CH2]CSCCN(CC)C(N)=O. The molecule has 4 heteroatoms. The number of urea groups is 1. The summed E-state index contributed by atoms with van der Waals surface area (Å²) in [5.41, 5.74) is 5.09. The summed E-state index contributed by atoms with van der Waals surface area (Å²) in [6.45, 7) is 7.01. The predicted molar refractivity (Wildman–Crippen MR) is 49.5 cm³/mol. The molecule has 0 heterocycles. The van der Waals surface area contributed by atoms with Gasteiger partial charge in [0, 0.05) is 18.8 Å². The summed E-state index contributed by atoms with van der Waals surface area (Å²) in [6.07, 6.45) is 0. The zero-order valence-corrected chi connectivity index (χ0v) is 7.69. The van der Waals surface area contributed by atoms with Crippen LogP contribution in [0.2, 0.25) is 0 Å². The third-order valence-corrected chi connectivity index (χ3v) is 2.10. The van der Waals surface area contributed by atoms with Crippen LogP contribution >= 0.6 is 11.8 Å². The van der Waals surface area contributed by atoms with Gasteiger partial charge in [-0.1, -0.05) is 0 Å². The highest BCUT2D eigenvalue weighted by Crippen LogP contribution is 1.98. The summed E-state index contributed by atoms with van der Waals surface area (Å²) in [6, 6.07) is -0.336. The zero-order valence-electron chi connectivity index (χ0n) is 6.88. The first-order chi connectivity index (χ1) is 5.22. The highest BCUT2D eigenvalue weighted by Gasteiger charge is 2.04. The van der Waals surface area contributed by atoms with E-state index >= 15 is 0 Å². The van der Waals surface area contributed by atoms with E-state index in [1.165, 1.54) is 0 Å². The number of carbonyl (C=O) groups is 1. The largest absolute Gasteiger partial charge is 0.351 e. The Kier molecular flexibility index (Phi) is 6.12. The third kappa shape index (κ3) is 4.95. The molecule has 0 aliphatic rings. The number of primary amides is 1. The maximum Gasteiger partial charge on any atom is 0.314 e. The van der Waals surface area contributed by atoms with Gasteiger partial charge in [0.15, 0.2) is 0 Å². The van der Waals surface area contributed by atoms with Gasteiger partial charge in [-0.2, -0.15) is 11.8 Å². The van der Waals surface area contributed by atoms with E-state index in [4.69, 9.17) is 5.73 Å². The first kappa shape index (κ1) is 10.6. The van der Waals surface area contributed by atoms with Gasteiger partial charge in [-0.25, -0.2) is 4.79 Å². The van der Waals surface area contributed by atoms with Crippen LogP contribution in [-0.4, -0.2) is 35.5 Å². The Hall–Kier alpha value is -0.380. The average Bonchev–Trinajstić information content (AvgIpc) is 1.97. The van der Waals surface area contributed by atoms with Crippen LogP contribution in [0.25, 0.3) is 0 Å². The Morgan fingerprint density at radius 1 is 1.73 bits per heavy atom. The molecule has 65 valence electrons. The van der Waals surface area contributed by atoms with Crippen molar-refractivity contribution in [3.8, 4) is 0 Å². The zero-order chi connectivity index (χ0) is 8.69.